The van der Waals surface area contributed by atoms with Crippen molar-refractivity contribution < 1.29 is 31.8 Å². The van der Waals surface area contributed by atoms with E-state index in [1.807, 2.05) is 0 Å². The van der Waals surface area contributed by atoms with Gasteiger partial charge in [0.1, 0.15) is 11.9 Å². The van der Waals surface area contributed by atoms with Crippen LogP contribution in [0.2, 0.25) is 0 Å². The minimum atomic E-state index is -4.76. The van der Waals surface area contributed by atoms with E-state index in [0.717, 1.165) is 12.1 Å². The Kier molecular flexibility index (Phi) is 5.70. The van der Waals surface area contributed by atoms with Gasteiger partial charge >= 0.3 is 6.36 Å². The van der Waals surface area contributed by atoms with Gasteiger partial charge in [-0.15, -0.1) is 13.2 Å². The third-order valence-electron chi connectivity index (χ3n) is 2.54. The zero-order valence-corrected chi connectivity index (χ0v) is 10.5. The van der Waals surface area contributed by atoms with Crippen LogP contribution in [-0.4, -0.2) is 30.5 Å². The van der Waals surface area contributed by atoms with Gasteiger partial charge in [0.25, 0.3) is 6.43 Å². The van der Waals surface area contributed by atoms with Gasteiger partial charge in [0.2, 0.25) is 0 Å². The van der Waals surface area contributed by atoms with Crippen LogP contribution in [0.5, 0.6) is 5.75 Å². The van der Waals surface area contributed by atoms with Gasteiger partial charge in [-0.25, -0.2) is 8.78 Å². The quantitative estimate of drug-likeness (QED) is 0.794. The Bertz CT molecular complexity index is 407. The van der Waals surface area contributed by atoms with Crippen LogP contribution in [0.1, 0.15) is 18.5 Å². The maximum Gasteiger partial charge on any atom is 0.573 e. The largest absolute Gasteiger partial charge is 0.573 e. The Morgan fingerprint density at radius 2 is 1.75 bits per heavy atom. The molecule has 0 amide bonds. The summed E-state index contributed by atoms with van der Waals surface area (Å²) in [6, 6.07) is 4.62. The predicted octanol–water partition coefficient (Wildman–Crippen LogP) is 2.86. The van der Waals surface area contributed by atoms with Gasteiger partial charge in [-0.1, -0.05) is 12.1 Å². The number of hydrogen-bond acceptors (Lipinski definition) is 3. The molecular formula is C12H14F5NO2. The normalized spacial score (nSPS) is 15.2. The molecule has 0 aliphatic rings. The highest BCUT2D eigenvalue weighted by molar-refractivity contribution is 5.29. The molecule has 0 fully saturated rings. The number of alkyl halides is 5. The van der Waals surface area contributed by atoms with Crippen molar-refractivity contribution in [3.63, 3.8) is 0 Å². The Morgan fingerprint density at radius 1 is 1.20 bits per heavy atom. The Hall–Kier alpha value is -1.41. The molecule has 0 aliphatic heterocycles. The number of benzene rings is 1. The lowest BCUT2D eigenvalue weighted by Gasteiger charge is -2.17. The number of halogens is 5. The molecule has 0 bridgehead atoms. The summed E-state index contributed by atoms with van der Waals surface area (Å²) >= 11 is 0. The van der Waals surface area contributed by atoms with E-state index in [9.17, 15) is 22.0 Å². The summed E-state index contributed by atoms with van der Waals surface area (Å²) in [6.07, 6.45) is -9.39. The fourth-order valence-corrected chi connectivity index (χ4v) is 1.46. The van der Waals surface area contributed by atoms with Gasteiger partial charge < -0.3 is 15.2 Å². The summed E-state index contributed by atoms with van der Waals surface area (Å²) in [5.41, 5.74) is 0.584. The van der Waals surface area contributed by atoms with Crippen LogP contribution in [0.25, 0.3) is 0 Å². The Balaban J connectivity index is 2.55. The molecule has 8 heteroatoms. The summed E-state index contributed by atoms with van der Waals surface area (Å²) in [5.74, 6) is -0.360. The van der Waals surface area contributed by atoms with E-state index in [2.05, 4.69) is 10.1 Å². The second-order valence-corrected chi connectivity index (χ2v) is 4.15. The Morgan fingerprint density at radius 3 is 2.20 bits per heavy atom. The standard InChI is InChI=1S/C12H14F5NO2/c1-7(18-6-10(19)11(13)14)8-2-4-9(5-3-8)20-12(15,16)17/h2-5,7,10-11,18-19H,6H2,1H3. The first-order valence-electron chi connectivity index (χ1n) is 5.74. The predicted molar refractivity (Wildman–Crippen MR) is 61.6 cm³/mol. The number of ether oxygens (including phenoxy) is 1. The summed E-state index contributed by atoms with van der Waals surface area (Å²) in [6.45, 7) is 1.32. The molecule has 3 nitrogen and oxygen atoms in total. The third kappa shape index (κ3) is 5.70. The number of hydrogen-bond donors (Lipinski definition) is 2. The van der Waals surface area contributed by atoms with E-state index in [1.165, 1.54) is 12.1 Å². The molecule has 2 N–H and O–H groups in total. The number of aliphatic hydroxyl groups excluding tert-OH is 1. The maximum atomic E-state index is 12.1. The second kappa shape index (κ2) is 6.85. The molecule has 1 aromatic carbocycles. The van der Waals surface area contributed by atoms with E-state index < -0.39 is 24.9 Å². The summed E-state index contributed by atoms with van der Waals surface area (Å²) in [4.78, 5) is 0. The highest BCUT2D eigenvalue weighted by atomic mass is 19.4. The van der Waals surface area contributed by atoms with Crippen molar-refractivity contribution in [2.24, 2.45) is 0 Å². The average molecular weight is 299 g/mol. The molecule has 0 aromatic heterocycles. The Labute approximate surface area is 112 Å². The molecule has 114 valence electrons. The molecule has 20 heavy (non-hydrogen) atoms. The zero-order chi connectivity index (χ0) is 15.3. The number of nitrogens with one attached hydrogen (secondary N) is 1. The molecule has 0 heterocycles. The first-order chi connectivity index (χ1) is 9.19. The first kappa shape index (κ1) is 16.6. The molecule has 2 atom stereocenters. The number of aliphatic hydroxyl groups is 1. The molecule has 0 saturated carbocycles. The fraction of sp³-hybridized carbons (Fsp3) is 0.500. The van der Waals surface area contributed by atoms with Gasteiger partial charge in [-0.2, -0.15) is 0 Å². The molecule has 0 spiro atoms. The van der Waals surface area contributed by atoms with Gasteiger partial charge in [0.15, 0.2) is 0 Å². The van der Waals surface area contributed by atoms with Crippen LogP contribution in [0.4, 0.5) is 22.0 Å². The second-order valence-electron chi connectivity index (χ2n) is 4.15. The molecule has 0 saturated heterocycles. The van der Waals surface area contributed by atoms with E-state index in [-0.39, 0.29) is 12.3 Å². The van der Waals surface area contributed by atoms with Crippen molar-refractivity contribution >= 4 is 0 Å². The maximum absolute atomic E-state index is 12.1. The minimum Gasteiger partial charge on any atom is -0.406 e. The lowest BCUT2D eigenvalue weighted by Crippen LogP contribution is -2.33. The smallest absolute Gasteiger partial charge is 0.406 e. The summed E-state index contributed by atoms with van der Waals surface area (Å²) in [7, 11) is 0. The monoisotopic (exact) mass is 299 g/mol. The van der Waals surface area contributed by atoms with Crippen LogP contribution in [0.15, 0.2) is 24.3 Å². The lowest BCUT2D eigenvalue weighted by molar-refractivity contribution is -0.274. The van der Waals surface area contributed by atoms with Crippen LogP contribution in [0.3, 0.4) is 0 Å². The van der Waals surface area contributed by atoms with Gasteiger partial charge in [0.05, 0.1) is 0 Å². The molecule has 2 unspecified atom stereocenters. The molecular weight excluding hydrogens is 285 g/mol. The number of rotatable bonds is 6. The van der Waals surface area contributed by atoms with Crippen LogP contribution >= 0.6 is 0 Å². The SMILES string of the molecule is CC(NCC(O)C(F)F)c1ccc(OC(F)(F)F)cc1. The van der Waals surface area contributed by atoms with Gasteiger partial charge in [-0.3, -0.25) is 0 Å². The van der Waals surface area contributed by atoms with Crippen molar-refractivity contribution in [2.75, 3.05) is 6.54 Å². The van der Waals surface area contributed by atoms with E-state index in [1.54, 1.807) is 6.92 Å². The van der Waals surface area contributed by atoms with E-state index in [0.29, 0.717) is 5.56 Å². The van der Waals surface area contributed by atoms with Crippen LogP contribution in [-0.2, 0) is 0 Å². The fourth-order valence-electron chi connectivity index (χ4n) is 1.46. The van der Waals surface area contributed by atoms with Gasteiger partial charge in [-0.05, 0) is 24.6 Å². The van der Waals surface area contributed by atoms with Crippen LogP contribution in [0, 0.1) is 0 Å². The van der Waals surface area contributed by atoms with Crippen molar-refractivity contribution in [1.82, 2.24) is 5.32 Å². The minimum absolute atomic E-state index is 0.320. The first-order valence-corrected chi connectivity index (χ1v) is 5.74. The van der Waals surface area contributed by atoms with Crippen molar-refractivity contribution in [3.8, 4) is 5.75 Å². The van der Waals surface area contributed by atoms with Crippen molar-refractivity contribution in [3.05, 3.63) is 29.8 Å². The summed E-state index contributed by atoms with van der Waals surface area (Å²) < 4.78 is 63.7. The highest BCUT2D eigenvalue weighted by Crippen LogP contribution is 2.24. The molecule has 0 radical (unpaired) electrons. The summed E-state index contributed by atoms with van der Waals surface area (Å²) in [5, 5.41) is 11.6. The van der Waals surface area contributed by atoms with Gasteiger partial charge in [0, 0.05) is 12.6 Å². The van der Waals surface area contributed by atoms with E-state index >= 15 is 0 Å². The highest BCUT2D eigenvalue weighted by Gasteiger charge is 2.31. The third-order valence-corrected chi connectivity index (χ3v) is 2.54. The molecule has 1 rings (SSSR count). The van der Waals surface area contributed by atoms with Crippen LogP contribution < -0.4 is 10.1 Å². The average Bonchev–Trinajstić information content (AvgIpc) is 2.34. The zero-order valence-electron chi connectivity index (χ0n) is 10.5. The topological polar surface area (TPSA) is 41.5 Å². The molecule has 1 aromatic rings. The van der Waals surface area contributed by atoms with Crippen molar-refractivity contribution in [1.29, 1.82) is 0 Å². The lowest BCUT2D eigenvalue weighted by atomic mass is 10.1. The van der Waals surface area contributed by atoms with E-state index in [4.69, 9.17) is 5.11 Å². The molecule has 0 aliphatic carbocycles. The van der Waals surface area contributed by atoms with Crippen molar-refractivity contribution in [2.45, 2.75) is 31.9 Å².